The van der Waals surface area contributed by atoms with Crippen molar-refractivity contribution in [3.05, 3.63) is 35.9 Å². The molecule has 0 aliphatic carbocycles. The van der Waals surface area contributed by atoms with Crippen molar-refractivity contribution in [1.29, 1.82) is 0 Å². The molecular weight excluding hydrogens is 202 g/mol. The molecule has 0 saturated heterocycles. The molecule has 0 aromatic heterocycles. The van der Waals surface area contributed by atoms with Crippen molar-refractivity contribution in [2.24, 2.45) is 0 Å². The van der Waals surface area contributed by atoms with Gasteiger partial charge in [0, 0.05) is 18.6 Å². The van der Waals surface area contributed by atoms with Crippen LogP contribution in [0.4, 0.5) is 0 Å². The average Bonchev–Trinajstić information content (AvgIpc) is 2.29. The van der Waals surface area contributed by atoms with Gasteiger partial charge in [0.05, 0.1) is 0 Å². The molecule has 1 aliphatic rings. The van der Waals surface area contributed by atoms with E-state index in [0.29, 0.717) is 0 Å². The standard InChI is InChI=1S/C13H18NS/c1-14-10-6-5-9-13(14)15-11-12-7-3-2-4-8-12/h2-4,7-8H,5-6,9-11H2,1H3/q+1. The molecule has 0 bridgehead atoms. The predicted octanol–water partition coefficient (Wildman–Crippen LogP) is 3.14. The van der Waals surface area contributed by atoms with Crippen LogP contribution in [0, 0.1) is 0 Å². The quantitative estimate of drug-likeness (QED) is 0.692. The van der Waals surface area contributed by atoms with Gasteiger partial charge in [0.2, 0.25) is 5.04 Å². The fourth-order valence-electron chi connectivity index (χ4n) is 1.86. The van der Waals surface area contributed by atoms with E-state index in [-0.39, 0.29) is 0 Å². The van der Waals surface area contributed by atoms with Gasteiger partial charge in [-0.05, 0) is 12.0 Å². The van der Waals surface area contributed by atoms with Gasteiger partial charge in [0.25, 0.3) is 0 Å². The molecule has 1 heterocycles. The Morgan fingerprint density at radius 1 is 1.20 bits per heavy atom. The first-order chi connectivity index (χ1) is 7.36. The largest absolute Gasteiger partial charge is 0.231 e. The summed E-state index contributed by atoms with van der Waals surface area (Å²) in [6.45, 7) is 1.23. The molecule has 1 nitrogen and oxygen atoms in total. The van der Waals surface area contributed by atoms with E-state index in [1.165, 1.54) is 31.4 Å². The van der Waals surface area contributed by atoms with Crippen LogP contribution in [0.25, 0.3) is 0 Å². The molecule has 2 heteroatoms. The zero-order valence-electron chi connectivity index (χ0n) is 9.28. The fraction of sp³-hybridized carbons (Fsp3) is 0.462. The van der Waals surface area contributed by atoms with Gasteiger partial charge in [-0.25, -0.2) is 4.58 Å². The van der Waals surface area contributed by atoms with Gasteiger partial charge in [-0.1, -0.05) is 42.1 Å². The van der Waals surface area contributed by atoms with E-state index in [1.54, 1.807) is 5.04 Å². The minimum Gasteiger partial charge on any atom is -0.231 e. The molecule has 1 aromatic carbocycles. The van der Waals surface area contributed by atoms with Gasteiger partial charge >= 0.3 is 0 Å². The molecule has 0 amide bonds. The molecule has 0 saturated carbocycles. The van der Waals surface area contributed by atoms with Crippen LogP contribution in [-0.2, 0) is 5.75 Å². The van der Waals surface area contributed by atoms with E-state index < -0.39 is 0 Å². The highest BCUT2D eigenvalue weighted by Crippen LogP contribution is 2.19. The lowest BCUT2D eigenvalue weighted by molar-refractivity contribution is -0.499. The zero-order valence-corrected chi connectivity index (χ0v) is 10.1. The van der Waals surface area contributed by atoms with Gasteiger partial charge in [0.1, 0.15) is 13.6 Å². The summed E-state index contributed by atoms with van der Waals surface area (Å²) in [5.74, 6) is 1.11. The normalized spacial score (nSPS) is 16.9. The van der Waals surface area contributed by atoms with Crippen LogP contribution in [0.2, 0.25) is 0 Å². The van der Waals surface area contributed by atoms with E-state index >= 15 is 0 Å². The Labute approximate surface area is 96.2 Å². The summed E-state index contributed by atoms with van der Waals surface area (Å²) in [6.07, 6.45) is 3.99. The summed E-state index contributed by atoms with van der Waals surface area (Å²) in [5.41, 5.74) is 1.42. The number of thioether (sulfide) groups is 1. The lowest BCUT2D eigenvalue weighted by Gasteiger charge is -2.11. The van der Waals surface area contributed by atoms with E-state index in [0.717, 1.165) is 5.75 Å². The number of benzene rings is 1. The molecule has 0 radical (unpaired) electrons. The monoisotopic (exact) mass is 220 g/mol. The third-order valence-electron chi connectivity index (χ3n) is 2.81. The average molecular weight is 220 g/mol. The first-order valence-corrected chi connectivity index (χ1v) is 6.58. The summed E-state index contributed by atoms with van der Waals surface area (Å²) >= 11 is 2.00. The van der Waals surface area contributed by atoms with Crippen molar-refractivity contribution in [2.75, 3.05) is 13.6 Å². The molecule has 80 valence electrons. The van der Waals surface area contributed by atoms with Crippen LogP contribution in [0.5, 0.6) is 0 Å². The van der Waals surface area contributed by atoms with Gasteiger partial charge in [-0.3, -0.25) is 0 Å². The molecule has 0 N–H and O–H groups in total. The van der Waals surface area contributed by atoms with Crippen LogP contribution in [0.15, 0.2) is 30.3 Å². The van der Waals surface area contributed by atoms with Gasteiger partial charge in [0.15, 0.2) is 0 Å². The minimum atomic E-state index is 1.11. The van der Waals surface area contributed by atoms with Crippen LogP contribution in [-0.4, -0.2) is 23.2 Å². The molecule has 15 heavy (non-hydrogen) atoms. The highest BCUT2D eigenvalue weighted by molar-refractivity contribution is 8.13. The van der Waals surface area contributed by atoms with Crippen molar-refractivity contribution in [3.63, 3.8) is 0 Å². The predicted molar refractivity (Wildman–Crippen MR) is 67.6 cm³/mol. The maximum Gasteiger partial charge on any atom is 0.210 e. The third kappa shape index (κ3) is 3.10. The van der Waals surface area contributed by atoms with Crippen LogP contribution in [0.3, 0.4) is 0 Å². The maximum absolute atomic E-state index is 2.41. The Bertz CT molecular complexity index is 343. The first-order valence-electron chi connectivity index (χ1n) is 5.60. The number of nitrogens with zero attached hydrogens (tertiary/aromatic N) is 1. The fourth-order valence-corrected chi connectivity index (χ4v) is 2.99. The number of rotatable bonds is 2. The van der Waals surface area contributed by atoms with Crippen molar-refractivity contribution in [1.82, 2.24) is 0 Å². The maximum atomic E-state index is 2.41. The first kappa shape index (κ1) is 10.7. The van der Waals surface area contributed by atoms with E-state index in [9.17, 15) is 0 Å². The molecule has 2 rings (SSSR count). The SMILES string of the molecule is C[N+]1=C(SCc2ccccc2)CCCC1. The Kier molecular flexibility index (Phi) is 3.84. The highest BCUT2D eigenvalue weighted by atomic mass is 32.2. The molecule has 0 fully saturated rings. The van der Waals surface area contributed by atoms with Gasteiger partial charge in [-0.2, -0.15) is 0 Å². The van der Waals surface area contributed by atoms with Crippen LogP contribution in [0.1, 0.15) is 24.8 Å². The summed E-state index contributed by atoms with van der Waals surface area (Å²) in [6, 6.07) is 10.7. The molecule has 1 aromatic rings. The Balaban J connectivity index is 1.93. The van der Waals surface area contributed by atoms with Crippen LogP contribution >= 0.6 is 11.8 Å². The summed E-state index contributed by atoms with van der Waals surface area (Å²) in [5, 5.41) is 1.56. The second kappa shape index (κ2) is 5.36. The Morgan fingerprint density at radius 3 is 2.73 bits per heavy atom. The zero-order chi connectivity index (χ0) is 10.5. The van der Waals surface area contributed by atoms with Crippen molar-refractivity contribution in [3.8, 4) is 0 Å². The Morgan fingerprint density at radius 2 is 2.00 bits per heavy atom. The van der Waals surface area contributed by atoms with Crippen molar-refractivity contribution < 1.29 is 4.58 Å². The summed E-state index contributed by atoms with van der Waals surface area (Å²) in [4.78, 5) is 0. The summed E-state index contributed by atoms with van der Waals surface area (Å²) in [7, 11) is 2.21. The minimum absolute atomic E-state index is 1.11. The number of hydrogen-bond acceptors (Lipinski definition) is 1. The van der Waals surface area contributed by atoms with E-state index in [1.807, 2.05) is 11.8 Å². The summed E-state index contributed by atoms with van der Waals surface area (Å²) < 4.78 is 2.41. The second-order valence-corrected chi connectivity index (χ2v) is 5.10. The van der Waals surface area contributed by atoms with Crippen LogP contribution < -0.4 is 0 Å². The van der Waals surface area contributed by atoms with Gasteiger partial charge in [-0.15, -0.1) is 0 Å². The second-order valence-electron chi connectivity index (χ2n) is 4.05. The molecular formula is C13H18NS+. The topological polar surface area (TPSA) is 3.01 Å². The van der Waals surface area contributed by atoms with Crippen molar-refractivity contribution in [2.45, 2.75) is 25.0 Å². The number of hydrogen-bond donors (Lipinski definition) is 0. The molecule has 0 atom stereocenters. The van der Waals surface area contributed by atoms with Crippen molar-refractivity contribution >= 4 is 16.8 Å². The Hall–Kier alpha value is -0.760. The van der Waals surface area contributed by atoms with Gasteiger partial charge < -0.3 is 0 Å². The highest BCUT2D eigenvalue weighted by Gasteiger charge is 2.16. The molecule has 1 aliphatic heterocycles. The molecule has 0 unspecified atom stereocenters. The van der Waals surface area contributed by atoms with E-state index in [4.69, 9.17) is 0 Å². The lowest BCUT2D eigenvalue weighted by atomic mass is 10.2. The van der Waals surface area contributed by atoms with E-state index in [2.05, 4.69) is 42.0 Å². The lowest BCUT2D eigenvalue weighted by Crippen LogP contribution is -2.20. The molecule has 0 spiro atoms. The third-order valence-corrected chi connectivity index (χ3v) is 4.13. The smallest absolute Gasteiger partial charge is 0.210 e.